The van der Waals surface area contributed by atoms with Crippen LogP contribution in [0.15, 0.2) is 30.3 Å². The molecule has 2 aliphatic rings. The van der Waals surface area contributed by atoms with Crippen molar-refractivity contribution in [3.8, 4) is 0 Å². The van der Waals surface area contributed by atoms with Crippen molar-refractivity contribution in [2.45, 2.75) is 18.1 Å². The highest BCUT2D eigenvalue weighted by Crippen LogP contribution is 2.33. The van der Waals surface area contributed by atoms with Gasteiger partial charge in [0.25, 0.3) is 0 Å². The SMILES string of the molecule is COC(=O)[C@@H]1C[C@]2(C=C(c3cccc(Cl)c3)NO2)CN1. The number of hydroxylamine groups is 1. The highest BCUT2D eigenvalue weighted by atomic mass is 35.5. The zero-order chi connectivity index (χ0) is 14.2. The summed E-state index contributed by atoms with van der Waals surface area (Å²) >= 11 is 5.99. The maximum absolute atomic E-state index is 11.6. The van der Waals surface area contributed by atoms with Gasteiger partial charge >= 0.3 is 5.97 Å². The van der Waals surface area contributed by atoms with Gasteiger partial charge in [0.2, 0.25) is 0 Å². The second kappa shape index (κ2) is 5.09. The molecule has 0 saturated carbocycles. The summed E-state index contributed by atoms with van der Waals surface area (Å²) in [5.41, 5.74) is 4.22. The van der Waals surface area contributed by atoms with Gasteiger partial charge in [0.1, 0.15) is 11.6 Å². The first-order valence-electron chi connectivity index (χ1n) is 6.36. The summed E-state index contributed by atoms with van der Waals surface area (Å²) in [4.78, 5) is 17.2. The van der Waals surface area contributed by atoms with E-state index in [0.717, 1.165) is 11.3 Å². The second-order valence-corrected chi connectivity index (χ2v) is 5.43. The Hall–Kier alpha value is -1.56. The molecule has 2 heterocycles. The average molecular weight is 295 g/mol. The predicted molar refractivity (Wildman–Crippen MR) is 74.8 cm³/mol. The van der Waals surface area contributed by atoms with E-state index in [4.69, 9.17) is 21.2 Å². The molecule has 0 aliphatic carbocycles. The Kier molecular flexibility index (Phi) is 3.41. The van der Waals surface area contributed by atoms with Crippen LogP contribution in [0.2, 0.25) is 5.02 Å². The number of rotatable bonds is 2. The fourth-order valence-corrected chi connectivity index (χ4v) is 2.75. The number of esters is 1. The van der Waals surface area contributed by atoms with Crippen molar-refractivity contribution >= 4 is 23.3 Å². The molecule has 106 valence electrons. The molecule has 1 spiro atoms. The van der Waals surface area contributed by atoms with Crippen LogP contribution in [-0.4, -0.2) is 31.3 Å². The number of hydrogen-bond donors (Lipinski definition) is 2. The summed E-state index contributed by atoms with van der Waals surface area (Å²) < 4.78 is 4.75. The van der Waals surface area contributed by atoms with Gasteiger partial charge in [0.15, 0.2) is 0 Å². The predicted octanol–water partition coefficient (Wildman–Crippen LogP) is 1.49. The van der Waals surface area contributed by atoms with Gasteiger partial charge in [0.05, 0.1) is 12.8 Å². The van der Waals surface area contributed by atoms with E-state index in [1.165, 1.54) is 7.11 Å². The van der Waals surface area contributed by atoms with Crippen LogP contribution in [0.5, 0.6) is 0 Å². The smallest absolute Gasteiger partial charge is 0.322 e. The van der Waals surface area contributed by atoms with E-state index in [-0.39, 0.29) is 12.0 Å². The van der Waals surface area contributed by atoms with Gasteiger partial charge in [-0.2, -0.15) is 0 Å². The Labute approximate surface area is 121 Å². The molecule has 20 heavy (non-hydrogen) atoms. The molecule has 3 rings (SSSR count). The third kappa shape index (κ3) is 2.40. The number of ether oxygens (including phenoxy) is 1. The molecule has 0 radical (unpaired) electrons. The molecule has 6 heteroatoms. The number of carbonyl (C=O) groups excluding carboxylic acids is 1. The largest absolute Gasteiger partial charge is 0.468 e. The van der Waals surface area contributed by atoms with Crippen LogP contribution in [-0.2, 0) is 14.4 Å². The van der Waals surface area contributed by atoms with Crippen LogP contribution in [0.4, 0.5) is 0 Å². The highest BCUT2D eigenvalue weighted by molar-refractivity contribution is 6.30. The minimum atomic E-state index is -0.517. The Balaban J connectivity index is 1.80. The number of nitrogens with one attached hydrogen (secondary N) is 2. The molecule has 1 saturated heterocycles. The Morgan fingerprint density at radius 1 is 1.55 bits per heavy atom. The molecule has 2 atom stereocenters. The quantitative estimate of drug-likeness (QED) is 0.809. The molecule has 0 bridgehead atoms. The van der Waals surface area contributed by atoms with Crippen molar-refractivity contribution in [1.82, 2.24) is 10.8 Å². The zero-order valence-corrected chi connectivity index (χ0v) is 11.7. The van der Waals surface area contributed by atoms with Crippen molar-refractivity contribution in [2.75, 3.05) is 13.7 Å². The fourth-order valence-electron chi connectivity index (χ4n) is 2.56. The molecule has 2 aliphatic heterocycles. The van der Waals surface area contributed by atoms with E-state index in [2.05, 4.69) is 10.8 Å². The van der Waals surface area contributed by atoms with Crippen molar-refractivity contribution in [3.63, 3.8) is 0 Å². The molecule has 0 aromatic heterocycles. The Morgan fingerprint density at radius 2 is 2.40 bits per heavy atom. The van der Waals surface area contributed by atoms with Crippen LogP contribution in [0, 0.1) is 0 Å². The van der Waals surface area contributed by atoms with Crippen LogP contribution >= 0.6 is 11.6 Å². The van der Waals surface area contributed by atoms with E-state index in [1.807, 2.05) is 30.3 Å². The number of halogens is 1. The third-order valence-electron chi connectivity index (χ3n) is 3.59. The second-order valence-electron chi connectivity index (χ2n) is 5.00. The molecule has 5 nitrogen and oxygen atoms in total. The van der Waals surface area contributed by atoms with Gasteiger partial charge < -0.3 is 10.1 Å². The molecule has 1 aromatic rings. The number of carbonyl (C=O) groups is 1. The van der Waals surface area contributed by atoms with E-state index < -0.39 is 5.60 Å². The zero-order valence-electron chi connectivity index (χ0n) is 11.0. The maximum atomic E-state index is 11.6. The molecular formula is C14H15ClN2O3. The standard InChI is InChI=1S/C14H15ClN2O3/c1-19-13(18)12-7-14(8-16-12)6-11(17-20-14)9-3-2-4-10(15)5-9/h2-6,12,16-17H,7-8H2,1H3/t12-,14+/m0/s1. The lowest BCUT2D eigenvalue weighted by Crippen LogP contribution is -2.32. The van der Waals surface area contributed by atoms with Gasteiger partial charge in [-0.3, -0.25) is 15.1 Å². The number of hydrogen-bond acceptors (Lipinski definition) is 5. The normalized spacial score (nSPS) is 28.3. The lowest BCUT2D eigenvalue weighted by molar-refractivity contribution is -0.143. The van der Waals surface area contributed by atoms with Gasteiger partial charge in [-0.15, -0.1) is 0 Å². The molecule has 0 amide bonds. The van der Waals surface area contributed by atoms with Crippen molar-refractivity contribution < 1.29 is 14.4 Å². The van der Waals surface area contributed by atoms with Crippen LogP contribution in [0.25, 0.3) is 5.70 Å². The van der Waals surface area contributed by atoms with Gasteiger partial charge in [-0.05, 0) is 18.2 Å². The van der Waals surface area contributed by atoms with E-state index in [1.54, 1.807) is 0 Å². The first-order valence-corrected chi connectivity index (χ1v) is 6.74. The van der Waals surface area contributed by atoms with E-state index >= 15 is 0 Å². The van der Waals surface area contributed by atoms with Crippen LogP contribution in [0.3, 0.4) is 0 Å². The minimum absolute atomic E-state index is 0.268. The molecule has 2 N–H and O–H groups in total. The van der Waals surface area contributed by atoms with Crippen molar-refractivity contribution in [1.29, 1.82) is 0 Å². The third-order valence-corrected chi connectivity index (χ3v) is 3.83. The molecular weight excluding hydrogens is 280 g/mol. The van der Waals surface area contributed by atoms with Crippen molar-refractivity contribution in [2.24, 2.45) is 0 Å². The molecule has 1 fully saturated rings. The van der Waals surface area contributed by atoms with Gasteiger partial charge in [-0.1, -0.05) is 23.7 Å². The number of benzene rings is 1. The number of methoxy groups -OCH3 is 1. The summed E-state index contributed by atoms with van der Waals surface area (Å²) in [6.45, 7) is 0.559. The Morgan fingerprint density at radius 3 is 3.15 bits per heavy atom. The minimum Gasteiger partial charge on any atom is -0.468 e. The van der Waals surface area contributed by atoms with Crippen LogP contribution < -0.4 is 10.8 Å². The van der Waals surface area contributed by atoms with Crippen molar-refractivity contribution in [3.05, 3.63) is 40.9 Å². The summed E-state index contributed by atoms with van der Waals surface area (Å²) in [6.07, 6.45) is 2.53. The first kappa shape index (κ1) is 13.4. The highest BCUT2D eigenvalue weighted by Gasteiger charge is 2.45. The summed E-state index contributed by atoms with van der Waals surface area (Å²) in [7, 11) is 1.38. The molecule has 0 unspecified atom stereocenters. The van der Waals surface area contributed by atoms with Gasteiger partial charge in [0, 0.05) is 23.6 Å². The monoisotopic (exact) mass is 294 g/mol. The van der Waals surface area contributed by atoms with Gasteiger partial charge in [-0.25, -0.2) is 0 Å². The lowest BCUT2D eigenvalue weighted by atomic mass is 9.98. The van der Waals surface area contributed by atoms with E-state index in [0.29, 0.717) is 18.0 Å². The molecule has 1 aromatic carbocycles. The maximum Gasteiger partial charge on any atom is 0.322 e. The van der Waals surface area contributed by atoms with Crippen LogP contribution in [0.1, 0.15) is 12.0 Å². The first-order chi connectivity index (χ1) is 9.62. The fraction of sp³-hybridized carbons (Fsp3) is 0.357. The topological polar surface area (TPSA) is 59.6 Å². The average Bonchev–Trinajstić information content (AvgIpc) is 3.06. The summed E-state index contributed by atoms with van der Waals surface area (Å²) in [6, 6.07) is 7.18. The van der Waals surface area contributed by atoms with E-state index in [9.17, 15) is 4.79 Å². The summed E-state index contributed by atoms with van der Waals surface area (Å²) in [5, 5.41) is 3.78. The summed E-state index contributed by atoms with van der Waals surface area (Å²) in [5.74, 6) is -0.268. The lowest BCUT2D eigenvalue weighted by Gasteiger charge is -2.17. The Bertz CT molecular complexity index is 575.